The number of nitrogens with one attached hydrogen (secondary N) is 1. The smallest absolute Gasteiger partial charge is 0.411 e. The van der Waals surface area contributed by atoms with Gasteiger partial charge in [-0.1, -0.05) is 0 Å². The number of hydrogen-bond donors (Lipinski definition) is 1. The summed E-state index contributed by atoms with van der Waals surface area (Å²) in [4.78, 5) is 44.3. The van der Waals surface area contributed by atoms with Gasteiger partial charge in [0.25, 0.3) is 11.5 Å². The predicted octanol–water partition coefficient (Wildman–Crippen LogP) is 3.58. The quantitative estimate of drug-likeness (QED) is 0.225. The van der Waals surface area contributed by atoms with Gasteiger partial charge in [-0.2, -0.15) is 13.2 Å². The molecule has 1 saturated heterocycles. The number of fused-ring (bicyclic) bond motifs is 1. The van der Waals surface area contributed by atoms with E-state index >= 15 is 8.78 Å². The van der Waals surface area contributed by atoms with Gasteiger partial charge in [0.1, 0.15) is 40.7 Å². The Morgan fingerprint density at radius 2 is 1.85 bits per heavy atom. The number of alkyl halides is 3. The van der Waals surface area contributed by atoms with Gasteiger partial charge in [0.15, 0.2) is 0 Å². The summed E-state index contributed by atoms with van der Waals surface area (Å²) in [5.41, 5.74) is 0.209. The van der Waals surface area contributed by atoms with E-state index in [2.05, 4.69) is 10.3 Å². The lowest BCUT2D eigenvalue weighted by molar-refractivity contribution is -0.167. The highest BCUT2D eigenvalue weighted by Crippen LogP contribution is 2.33. The molecule has 11 nitrogen and oxygen atoms in total. The molecule has 1 aromatic carbocycles. The first kappa shape index (κ1) is 33.4. The van der Waals surface area contributed by atoms with Gasteiger partial charge in [0.05, 0.1) is 33.0 Å². The second-order valence-electron chi connectivity index (χ2n) is 10.8. The summed E-state index contributed by atoms with van der Waals surface area (Å²) in [5, 5.41) is 2.28. The summed E-state index contributed by atoms with van der Waals surface area (Å²) in [6.07, 6.45) is -1.95. The van der Waals surface area contributed by atoms with E-state index in [-0.39, 0.29) is 30.7 Å². The zero-order valence-electron chi connectivity index (χ0n) is 25.7. The van der Waals surface area contributed by atoms with Crippen LogP contribution in [0, 0.1) is 18.6 Å². The Morgan fingerprint density at radius 1 is 1.15 bits per heavy atom. The third-order valence-electron chi connectivity index (χ3n) is 8.05. The number of imidazole rings is 1. The van der Waals surface area contributed by atoms with Crippen molar-refractivity contribution in [2.45, 2.75) is 31.6 Å². The number of aromatic nitrogens is 3. The number of nitrogens with zero attached hydrogens (tertiary/aromatic N) is 4. The first-order valence-electron chi connectivity index (χ1n) is 14.3. The molecule has 1 fully saturated rings. The Balaban J connectivity index is 1.45. The van der Waals surface area contributed by atoms with Crippen molar-refractivity contribution in [3.05, 3.63) is 81.7 Å². The van der Waals surface area contributed by atoms with Crippen LogP contribution >= 0.6 is 0 Å². The maximum Gasteiger partial charge on any atom is 0.411 e. The van der Waals surface area contributed by atoms with Crippen LogP contribution < -0.4 is 20.5 Å². The van der Waals surface area contributed by atoms with Gasteiger partial charge in [-0.25, -0.2) is 18.6 Å². The molecule has 1 aliphatic heterocycles. The molecule has 0 bridgehead atoms. The summed E-state index contributed by atoms with van der Waals surface area (Å²) in [7, 11) is 4.11. The number of benzene rings is 1. The molecule has 3 aromatic heterocycles. The van der Waals surface area contributed by atoms with E-state index in [9.17, 15) is 27.6 Å². The number of aryl methyl sites for hydroxylation is 1. The van der Waals surface area contributed by atoms with Crippen LogP contribution in [0.5, 0.6) is 5.75 Å². The summed E-state index contributed by atoms with van der Waals surface area (Å²) in [6, 6.07) is 2.55. The number of hydrogen-bond acceptors (Lipinski definition) is 8. The van der Waals surface area contributed by atoms with Gasteiger partial charge >= 0.3 is 12.1 Å². The Labute approximate surface area is 264 Å². The van der Waals surface area contributed by atoms with Crippen molar-refractivity contribution in [3.63, 3.8) is 0 Å². The molecule has 0 radical (unpaired) electrons. The summed E-state index contributed by atoms with van der Waals surface area (Å²) >= 11 is 0. The highest BCUT2D eigenvalue weighted by Gasteiger charge is 2.46. The van der Waals surface area contributed by atoms with Crippen molar-refractivity contribution >= 4 is 23.2 Å². The third-order valence-corrected chi connectivity index (χ3v) is 8.05. The number of halogens is 5. The number of carbonyl (C=O) groups is 2. The van der Waals surface area contributed by atoms with Gasteiger partial charge in [0, 0.05) is 61.1 Å². The van der Waals surface area contributed by atoms with Crippen molar-refractivity contribution in [2.24, 2.45) is 7.05 Å². The van der Waals surface area contributed by atoms with Gasteiger partial charge in [0.2, 0.25) is 0 Å². The molecule has 250 valence electrons. The maximum atomic E-state index is 15.2. The molecule has 1 N–H and O–H groups in total. The summed E-state index contributed by atoms with van der Waals surface area (Å²) in [6.45, 7) is 0.643. The van der Waals surface area contributed by atoms with E-state index in [0.29, 0.717) is 40.5 Å². The molecular formula is C31H30F5N5O6. The van der Waals surface area contributed by atoms with Crippen LogP contribution in [-0.2, 0) is 27.7 Å². The number of esters is 1. The number of anilines is 1. The summed E-state index contributed by atoms with van der Waals surface area (Å²) in [5.74, 6) is -4.81. The van der Waals surface area contributed by atoms with Crippen molar-refractivity contribution < 1.29 is 45.8 Å². The molecule has 2 atom stereocenters. The van der Waals surface area contributed by atoms with Crippen molar-refractivity contribution in [3.8, 4) is 16.9 Å². The van der Waals surface area contributed by atoms with Crippen LogP contribution in [0.2, 0.25) is 0 Å². The maximum absolute atomic E-state index is 15.2. The van der Waals surface area contributed by atoms with E-state index in [1.54, 1.807) is 42.8 Å². The lowest BCUT2D eigenvalue weighted by Crippen LogP contribution is -2.53. The molecule has 5 rings (SSSR count). The second-order valence-corrected chi connectivity index (χ2v) is 10.8. The average molecular weight is 664 g/mol. The molecule has 0 spiro atoms. The van der Waals surface area contributed by atoms with E-state index in [0.717, 1.165) is 12.0 Å². The molecule has 4 aromatic rings. The number of pyridine rings is 2. The fraction of sp³-hybridized carbons (Fsp3) is 0.355. The van der Waals surface area contributed by atoms with Gasteiger partial charge in [-0.15, -0.1) is 0 Å². The topological polar surface area (TPSA) is 116 Å². The Morgan fingerprint density at radius 3 is 2.49 bits per heavy atom. The molecule has 0 unspecified atom stereocenters. The lowest BCUT2D eigenvalue weighted by Gasteiger charge is -2.38. The van der Waals surface area contributed by atoms with Gasteiger partial charge < -0.3 is 33.4 Å². The number of methoxy groups -OCH3 is 2. The van der Waals surface area contributed by atoms with Crippen LogP contribution in [0.4, 0.5) is 27.6 Å². The fourth-order valence-electron chi connectivity index (χ4n) is 5.53. The molecular weight excluding hydrogens is 633 g/mol. The third kappa shape index (κ3) is 6.37. The normalized spacial score (nSPS) is 15.9. The van der Waals surface area contributed by atoms with Crippen LogP contribution in [-0.4, -0.2) is 78.1 Å². The first-order chi connectivity index (χ1) is 22.3. The first-order valence-corrected chi connectivity index (χ1v) is 14.3. The van der Waals surface area contributed by atoms with Crippen molar-refractivity contribution in [1.29, 1.82) is 0 Å². The minimum absolute atomic E-state index is 0.0980. The average Bonchev–Trinajstić information content (AvgIpc) is 3.53. The number of morpholine rings is 1. The minimum atomic E-state index is -4.74. The van der Waals surface area contributed by atoms with Crippen molar-refractivity contribution in [1.82, 2.24) is 19.3 Å². The van der Waals surface area contributed by atoms with E-state index in [1.807, 2.05) is 0 Å². The summed E-state index contributed by atoms with van der Waals surface area (Å²) < 4.78 is 89.3. The van der Waals surface area contributed by atoms with E-state index in [4.69, 9.17) is 14.2 Å². The molecule has 1 aliphatic rings. The number of rotatable bonds is 8. The molecule has 0 saturated carbocycles. The predicted molar refractivity (Wildman–Crippen MR) is 158 cm³/mol. The van der Waals surface area contributed by atoms with Crippen molar-refractivity contribution in [2.75, 3.05) is 38.9 Å². The molecule has 0 aliphatic carbocycles. The highest BCUT2D eigenvalue weighted by atomic mass is 19.4. The second kappa shape index (κ2) is 13.0. The Bertz CT molecular complexity index is 1880. The Hall–Kier alpha value is -4.99. The van der Waals surface area contributed by atoms with Crippen LogP contribution in [0.3, 0.4) is 0 Å². The molecule has 16 heteroatoms. The lowest BCUT2D eigenvalue weighted by atomic mass is 10.0. The number of carbonyl (C=O) groups excluding carboxylic acids is 2. The zero-order valence-corrected chi connectivity index (χ0v) is 25.7. The highest BCUT2D eigenvalue weighted by molar-refractivity contribution is 5.97. The monoisotopic (exact) mass is 663 g/mol. The van der Waals surface area contributed by atoms with Gasteiger partial charge in [-0.05, 0) is 31.2 Å². The SMILES string of the molecule is COC(=O)[C@H](Cc1ccc(-c2c(OC)cc(C)n(C)c2=O)c2nccn12)NC(=O)c1c(F)cc(N2CCOC[C@@H]2C(F)(F)F)cc1F. The van der Waals surface area contributed by atoms with E-state index < -0.39 is 59.6 Å². The number of amides is 1. The van der Waals surface area contributed by atoms with Crippen LogP contribution in [0.25, 0.3) is 16.8 Å². The zero-order chi connectivity index (χ0) is 34.2. The molecule has 4 heterocycles. The largest absolute Gasteiger partial charge is 0.496 e. The number of ether oxygens (including phenoxy) is 3. The van der Waals surface area contributed by atoms with Gasteiger partial charge in [-0.3, -0.25) is 9.59 Å². The molecule has 1 amide bonds. The Kier molecular flexibility index (Phi) is 9.25. The standard InChI is InChI=1S/C31H30F5N5O6/c1-16-11-23(45-3)25(29(43)39(16)2)19-6-5-17(41-8-7-37-27(19)41)14-22(30(44)46-4)38-28(42)26-20(32)12-18(13-21(26)33)40-9-10-47-15-24(40)31(34,35)36/h5-8,11-13,22,24H,9-10,14-15H2,1-4H3,(H,38,42)/t22-,24+/m0/s1. The molecule has 47 heavy (non-hydrogen) atoms. The van der Waals surface area contributed by atoms with E-state index in [1.165, 1.54) is 17.9 Å². The minimum Gasteiger partial charge on any atom is -0.496 e. The van der Waals surface area contributed by atoms with Crippen LogP contribution in [0.1, 0.15) is 21.7 Å². The fourth-order valence-corrected chi connectivity index (χ4v) is 5.53. The van der Waals surface area contributed by atoms with Crippen LogP contribution in [0.15, 0.2) is 47.5 Å².